The lowest BCUT2D eigenvalue weighted by molar-refractivity contribution is -0.132. The van der Waals surface area contributed by atoms with Crippen molar-refractivity contribution in [3.63, 3.8) is 0 Å². The molecule has 0 radical (unpaired) electrons. The van der Waals surface area contributed by atoms with Gasteiger partial charge in [0, 0.05) is 5.56 Å². The zero-order chi connectivity index (χ0) is 25.4. The first-order valence-corrected chi connectivity index (χ1v) is 11.7. The quantitative estimate of drug-likeness (QED) is 0.232. The molecule has 0 aliphatic carbocycles. The number of nitrogens with zero attached hydrogens (tertiary/aromatic N) is 2. The molecular weight excluding hydrogens is 471 g/mol. The van der Waals surface area contributed by atoms with Gasteiger partial charge in [0.25, 0.3) is 5.78 Å². The van der Waals surface area contributed by atoms with Crippen LogP contribution in [0.2, 0.25) is 0 Å². The minimum atomic E-state index is -1.07. The van der Waals surface area contributed by atoms with Crippen molar-refractivity contribution in [3.8, 4) is 0 Å². The summed E-state index contributed by atoms with van der Waals surface area (Å²) < 4.78 is 18.8. The van der Waals surface area contributed by atoms with Crippen LogP contribution in [-0.2, 0) is 14.3 Å². The molecule has 0 bridgehead atoms. The molecule has 1 amide bonds. The third-order valence-corrected chi connectivity index (χ3v) is 6.87. The van der Waals surface area contributed by atoms with Crippen LogP contribution in [0.15, 0.2) is 48.0 Å². The van der Waals surface area contributed by atoms with Crippen LogP contribution in [-0.4, -0.2) is 34.4 Å². The lowest BCUT2D eigenvalue weighted by Crippen LogP contribution is -2.29. The van der Waals surface area contributed by atoms with E-state index in [0.29, 0.717) is 22.4 Å². The lowest BCUT2D eigenvalue weighted by atomic mass is 9.93. The number of aryl methyl sites for hydroxylation is 3. The van der Waals surface area contributed by atoms with E-state index < -0.39 is 29.5 Å². The molecule has 1 aliphatic rings. The van der Waals surface area contributed by atoms with Gasteiger partial charge < -0.3 is 9.84 Å². The van der Waals surface area contributed by atoms with E-state index in [0.717, 1.165) is 21.8 Å². The van der Waals surface area contributed by atoms with Crippen molar-refractivity contribution >= 4 is 39.9 Å². The summed E-state index contributed by atoms with van der Waals surface area (Å²) in [5, 5.41) is 11.4. The van der Waals surface area contributed by atoms with Crippen LogP contribution in [0.5, 0.6) is 0 Å². The van der Waals surface area contributed by atoms with Crippen molar-refractivity contribution in [2.24, 2.45) is 0 Å². The topological polar surface area (TPSA) is 96.8 Å². The van der Waals surface area contributed by atoms with Crippen LogP contribution in [0.25, 0.3) is 5.76 Å². The van der Waals surface area contributed by atoms with Crippen molar-refractivity contribution < 1.29 is 28.6 Å². The first-order valence-electron chi connectivity index (χ1n) is 10.9. The van der Waals surface area contributed by atoms with Crippen molar-refractivity contribution in [2.75, 3.05) is 11.5 Å². The van der Waals surface area contributed by atoms with E-state index in [4.69, 9.17) is 4.74 Å². The minimum Gasteiger partial charge on any atom is -0.507 e. The number of hydrogen-bond donors (Lipinski definition) is 1. The van der Waals surface area contributed by atoms with Gasteiger partial charge in [-0.2, -0.15) is 0 Å². The van der Waals surface area contributed by atoms with Crippen molar-refractivity contribution in [1.29, 1.82) is 0 Å². The lowest BCUT2D eigenvalue weighted by Gasteiger charge is -2.23. The van der Waals surface area contributed by atoms with Gasteiger partial charge in [0.2, 0.25) is 0 Å². The number of carbonyl (C=O) groups excluding carboxylic acids is 3. The van der Waals surface area contributed by atoms with Gasteiger partial charge in [-0.1, -0.05) is 41.2 Å². The first kappa shape index (κ1) is 24.3. The maximum atomic E-state index is 13.7. The SMILES string of the molecule is CCOC(=O)c1sc(N2C(=O)C(=O)/C(=C(/O)c3cc(C)ccc3C)C2c2ccc(F)cc2)nc1C. The van der Waals surface area contributed by atoms with E-state index in [-0.39, 0.29) is 27.9 Å². The number of carbonyl (C=O) groups is 3. The maximum Gasteiger partial charge on any atom is 0.350 e. The Hall–Kier alpha value is -3.85. The number of aliphatic hydroxyl groups excluding tert-OH is 1. The van der Waals surface area contributed by atoms with Gasteiger partial charge in [-0.15, -0.1) is 0 Å². The molecule has 180 valence electrons. The van der Waals surface area contributed by atoms with Crippen LogP contribution in [0.1, 0.15) is 50.6 Å². The molecule has 1 aliphatic heterocycles. The molecule has 7 nitrogen and oxygen atoms in total. The van der Waals surface area contributed by atoms with Gasteiger partial charge in [-0.3, -0.25) is 14.5 Å². The summed E-state index contributed by atoms with van der Waals surface area (Å²) in [4.78, 5) is 44.6. The number of ketones is 1. The molecule has 1 fully saturated rings. The van der Waals surface area contributed by atoms with E-state index in [1.807, 2.05) is 19.1 Å². The Morgan fingerprint density at radius 2 is 1.83 bits per heavy atom. The maximum absolute atomic E-state index is 13.7. The average molecular weight is 495 g/mol. The Labute approximate surface area is 205 Å². The molecule has 4 rings (SSSR count). The number of rotatable bonds is 5. The monoisotopic (exact) mass is 494 g/mol. The summed E-state index contributed by atoms with van der Waals surface area (Å²) in [6, 6.07) is 9.65. The Morgan fingerprint density at radius 3 is 2.49 bits per heavy atom. The Bertz CT molecular complexity index is 1380. The Morgan fingerprint density at radius 1 is 1.14 bits per heavy atom. The van der Waals surface area contributed by atoms with Gasteiger partial charge in [0.1, 0.15) is 16.5 Å². The Kier molecular flexibility index (Phi) is 6.53. The molecule has 0 saturated carbocycles. The van der Waals surface area contributed by atoms with Crippen molar-refractivity contribution in [2.45, 2.75) is 33.7 Å². The highest BCUT2D eigenvalue weighted by Crippen LogP contribution is 2.44. The predicted octanol–water partition coefficient (Wildman–Crippen LogP) is 5.01. The fourth-order valence-corrected chi connectivity index (χ4v) is 4.99. The molecule has 35 heavy (non-hydrogen) atoms. The van der Waals surface area contributed by atoms with Crippen LogP contribution >= 0.6 is 11.3 Å². The average Bonchev–Trinajstić information content (AvgIpc) is 3.33. The van der Waals surface area contributed by atoms with E-state index in [1.54, 1.807) is 26.8 Å². The van der Waals surface area contributed by atoms with E-state index in [2.05, 4.69) is 4.98 Å². The highest BCUT2D eigenvalue weighted by Gasteiger charge is 2.48. The number of benzene rings is 2. The Balaban J connectivity index is 1.94. The van der Waals surface area contributed by atoms with Gasteiger partial charge in [0.15, 0.2) is 5.13 Å². The number of thiazole rings is 1. The molecule has 2 heterocycles. The number of aromatic nitrogens is 1. The second-order valence-corrected chi connectivity index (χ2v) is 9.15. The van der Waals surface area contributed by atoms with Gasteiger partial charge in [-0.05, 0) is 57.0 Å². The van der Waals surface area contributed by atoms with E-state index >= 15 is 0 Å². The number of halogens is 1. The number of anilines is 1. The van der Waals surface area contributed by atoms with Crippen LogP contribution in [0.4, 0.5) is 9.52 Å². The first-order chi connectivity index (χ1) is 16.6. The van der Waals surface area contributed by atoms with Crippen LogP contribution in [0.3, 0.4) is 0 Å². The summed E-state index contributed by atoms with van der Waals surface area (Å²) >= 11 is 0.916. The number of esters is 1. The van der Waals surface area contributed by atoms with Gasteiger partial charge in [-0.25, -0.2) is 14.2 Å². The van der Waals surface area contributed by atoms with E-state index in [1.165, 1.54) is 24.3 Å². The van der Waals surface area contributed by atoms with Crippen LogP contribution < -0.4 is 4.90 Å². The number of ether oxygens (including phenoxy) is 1. The van der Waals surface area contributed by atoms with E-state index in [9.17, 15) is 23.9 Å². The standard InChI is InChI=1S/C26H23FN2O5S/c1-5-34-25(33)23-15(4)28-26(35-23)29-20(16-8-10-17(27)11-9-16)19(22(31)24(29)32)21(30)18-12-13(2)6-7-14(18)3/h6-12,20,30H,5H2,1-4H3/b21-19+. The molecule has 9 heteroatoms. The zero-order valence-electron chi connectivity index (χ0n) is 19.6. The molecule has 2 aromatic carbocycles. The van der Waals surface area contributed by atoms with Crippen molar-refractivity contribution in [3.05, 3.63) is 86.7 Å². The molecule has 1 aromatic heterocycles. The van der Waals surface area contributed by atoms with Gasteiger partial charge >= 0.3 is 11.9 Å². The van der Waals surface area contributed by atoms with Crippen molar-refractivity contribution in [1.82, 2.24) is 4.98 Å². The fourth-order valence-electron chi connectivity index (χ4n) is 4.00. The highest BCUT2D eigenvalue weighted by molar-refractivity contribution is 7.17. The molecule has 1 unspecified atom stereocenters. The number of hydrogen-bond acceptors (Lipinski definition) is 7. The minimum absolute atomic E-state index is 0.0991. The predicted molar refractivity (Wildman–Crippen MR) is 130 cm³/mol. The third kappa shape index (κ3) is 4.35. The summed E-state index contributed by atoms with van der Waals surface area (Å²) in [7, 11) is 0. The molecule has 3 aromatic rings. The fraction of sp³-hybridized carbons (Fsp3) is 0.231. The normalized spacial score (nSPS) is 17.2. The summed E-state index contributed by atoms with van der Waals surface area (Å²) in [5.74, 6) is -3.21. The molecule has 1 saturated heterocycles. The smallest absolute Gasteiger partial charge is 0.350 e. The van der Waals surface area contributed by atoms with Crippen LogP contribution in [0, 0.1) is 26.6 Å². The molecule has 1 atom stereocenters. The second-order valence-electron chi connectivity index (χ2n) is 8.17. The summed E-state index contributed by atoms with van der Waals surface area (Å²) in [5.41, 5.74) is 2.60. The largest absolute Gasteiger partial charge is 0.507 e. The summed E-state index contributed by atoms with van der Waals surface area (Å²) in [6.07, 6.45) is 0. The number of aliphatic hydroxyl groups is 1. The molecule has 0 spiro atoms. The number of amides is 1. The third-order valence-electron chi connectivity index (χ3n) is 5.73. The summed E-state index contributed by atoms with van der Waals surface area (Å²) in [6.45, 7) is 7.08. The van der Waals surface area contributed by atoms with Gasteiger partial charge in [0.05, 0.1) is 23.9 Å². The second kappa shape index (κ2) is 9.42. The number of Topliss-reactive ketones (excluding diaryl/α,β-unsaturated/α-hetero) is 1. The molecule has 1 N–H and O–H groups in total. The molecular formula is C26H23FN2O5S. The highest BCUT2D eigenvalue weighted by atomic mass is 32.1. The zero-order valence-corrected chi connectivity index (χ0v) is 20.4.